The van der Waals surface area contributed by atoms with Crippen LogP contribution in [0.5, 0.6) is 0 Å². The van der Waals surface area contributed by atoms with E-state index >= 15 is 0 Å². The van der Waals surface area contributed by atoms with E-state index in [9.17, 15) is 4.79 Å². The fourth-order valence-corrected chi connectivity index (χ4v) is 2.73. The van der Waals surface area contributed by atoms with Crippen LogP contribution < -0.4 is 0 Å². The van der Waals surface area contributed by atoms with E-state index in [1.807, 2.05) is 30.3 Å². The normalized spacial score (nSPS) is 10.4. The van der Waals surface area contributed by atoms with Crippen molar-refractivity contribution < 1.29 is 9.53 Å². The molecule has 6 heteroatoms. The number of hydrogen-bond acceptors (Lipinski definition) is 4. The minimum atomic E-state index is -0.281. The number of aromatic nitrogens is 1. The summed E-state index contributed by atoms with van der Waals surface area (Å²) in [5.41, 5.74) is 0.466. The van der Waals surface area contributed by atoms with Crippen molar-refractivity contribution in [3.8, 4) is 0 Å². The van der Waals surface area contributed by atoms with E-state index in [0.717, 1.165) is 4.90 Å². The lowest BCUT2D eigenvalue weighted by Crippen LogP contribution is -2.07. The van der Waals surface area contributed by atoms with Gasteiger partial charge in [0.25, 0.3) is 0 Å². The third-order valence-electron chi connectivity index (χ3n) is 2.57. The highest BCUT2D eigenvalue weighted by Gasteiger charge is 2.08. The van der Waals surface area contributed by atoms with E-state index in [2.05, 4.69) is 4.98 Å². The quantitative estimate of drug-likeness (QED) is 0.436. The Hall–Kier alpha value is -1.23. The van der Waals surface area contributed by atoms with Gasteiger partial charge >= 0.3 is 5.97 Å². The molecule has 0 N–H and O–H groups in total. The van der Waals surface area contributed by atoms with Gasteiger partial charge in [0, 0.05) is 10.6 Å². The molecular formula is C15H13Cl2NO2S. The second kappa shape index (κ2) is 8.27. The Kier molecular flexibility index (Phi) is 6.36. The molecule has 0 amide bonds. The largest absolute Gasteiger partial charge is 0.459 e. The van der Waals surface area contributed by atoms with Crippen LogP contribution >= 0.6 is 35.0 Å². The first-order chi connectivity index (χ1) is 10.1. The van der Waals surface area contributed by atoms with Crippen molar-refractivity contribution in [2.45, 2.75) is 17.9 Å². The molecule has 1 aromatic carbocycles. The van der Waals surface area contributed by atoms with E-state index in [4.69, 9.17) is 27.9 Å². The number of ether oxygens (including phenoxy) is 1. The number of nitrogens with zero attached hydrogens (tertiary/aromatic N) is 1. The summed E-state index contributed by atoms with van der Waals surface area (Å²) >= 11 is 13.3. The van der Waals surface area contributed by atoms with Crippen LogP contribution in [0.2, 0.25) is 10.2 Å². The molecule has 0 fully saturated rings. The third kappa shape index (κ3) is 5.58. The third-order valence-corrected chi connectivity index (χ3v) is 4.14. The summed E-state index contributed by atoms with van der Waals surface area (Å²) in [5, 5.41) is 0.760. The van der Waals surface area contributed by atoms with Gasteiger partial charge in [0.15, 0.2) is 0 Å². The molecule has 0 unspecified atom stereocenters. The maximum Gasteiger partial charge on any atom is 0.307 e. The summed E-state index contributed by atoms with van der Waals surface area (Å²) in [6.07, 6.45) is 0.331. The summed E-state index contributed by atoms with van der Waals surface area (Å²) in [6.45, 7) is 0.0359. The van der Waals surface area contributed by atoms with Crippen molar-refractivity contribution in [3.05, 3.63) is 58.3 Å². The minimum Gasteiger partial charge on any atom is -0.459 e. The Morgan fingerprint density at radius 2 is 1.90 bits per heavy atom. The zero-order valence-corrected chi connectivity index (χ0v) is 13.4. The monoisotopic (exact) mass is 341 g/mol. The number of hydrogen-bond donors (Lipinski definition) is 0. The number of pyridine rings is 1. The van der Waals surface area contributed by atoms with Gasteiger partial charge in [0.05, 0.1) is 17.1 Å². The van der Waals surface area contributed by atoms with Crippen molar-refractivity contribution >= 4 is 40.9 Å². The Morgan fingerprint density at radius 3 is 2.67 bits per heavy atom. The fraction of sp³-hybridized carbons (Fsp3) is 0.200. The van der Waals surface area contributed by atoms with Crippen LogP contribution in [0.15, 0.2) is 47.4 Å². The fourth-order valence-electron chi connectivity index (χ4n) is 1.55. The van der Waals surface area contributed by atoms with Crippen LogP contribution in [0.3, 0.4) is 0 Å². The molecule has 0 aliphatic heterocycles. The van der Waals surface area contributed by atoms with E-state index < -0.39 is 0 Å². The van der Waals surface area contributed by atoms with Gasteiger partial charge in [0.2, 0.25) is 0 Å². The predicted octanol–water partition coefficient (Wildman–Crippen LogP) is 4.61. The lowest BCUT2D eigenvalue weighted by Gasteiger charge is -2.06. The summed E-state index contributed by atoms with van der Waals surface area (Å²) in [6, 6.07) is 13.1. The number of carbonyl (C=O) groups excluding carboxylic acids is 1. The van der Waals surface area contributed by atoms with Crippen LogP contribution in [0.25, 0.3) is 0 Å². The highest BCUT2D eigenvalue weighted by Crippen LogP contribution is 2.19. The first-order valence-corrected chi connectivity index (χ1v) is 8.03. The van der Waals surface area contributed by atoms with Crippen molar-refractivity contribution in [2.24, 2.45) is 0 Å². The van der Waals surface area contributed by atoms with Gasteiger partial charge in [-0.1, -0.05) is 41.4 Å². The molecule has 0 spiro atoms. The molecule has 0 atom stereocenters. The first-order valence-electron chi connectivity index (χ1n) is 6.29. The van der Waals surface area contributed by atoms with E-state index in [-0.39, 0.29) is 12.6 Å². The van der Waals surface area contributed by atoms with Crippen LogP contribution in [0, 0.1) is 0 Å². The SMILES string of the molecule is O=C(CCSc1ccccc1)OCc1nc(Cl)ccc1Cl. The molecular weight excluding hydrogens is 329 g/mol. The minimum absolute atomic E-state index is 0.0359. The molecule has 0 saturated heterocycles. The van der Waals surface area contributed by atoms with Crippen LogP contribution in [0.4, 0.5) is 0 Å². The van der Waals surface area contributed by atoms with Crippen molar-refractivity contribution in [1.29, 1.82) is 0 Å². The molecule has 0 saturated carbocycles. The molecule has 110 valence electrons. The predicted molar refractivity (Wildman–Crippen MR) is 85.8 cm³/mol. The Labute approximate surface area is 137 Å². The van der Waals surface area contributed by atoms with Gasteiger partial charge in [-0.15, -0.1) is 11.8 Å². The number of esters is 1. The molecule has 0 aliphatic rings. The zero-order chi connectivity index (χ0) is 15.1. The molecule has 3 nitrogen and oxygen atoms in total. The molecule has 21 heavy (non-hydrogen) atoms. The van der Waals surface area contributed by atoms with Crippen LogP contribution in [0.1, 0.15) is 12.1 Å². The Morgan fingerprint density at radius 1 is 1.14 bits per heavy atom. The average molecular weight is 342 g/mol. The molecule has 2 aromatic rings. The number of carbonyl (C=O) groups is 1. The first kappa shape index (κ1) is 16.1. The highest BCUT2D eigenvalue weighted by atomic mass is 35.5. The summed E-state index contributed by atoms with van der Waals surface area (Å²) in [4.78, 5) is 16.8. The Bertz CT molecular complexity index is 608. The smallest absolute Gasteiger partial charge is 0.307 e. The van der Waals surface area contributed by atoms with Crippen molar-refractivity contribution in [2.75, 3.05) is 5.75 Å². The van der Waals surface area contributed by atoms with Gasteiger partial charge < -0.3 is 4.74 Å². The van der Waals surface area contributed by atoms with Gasteiger partial charge in [-0.2, -0.15) is 0 Å². The van der Waals surface area contributed by atoms with Gasteiger partial charge in [-0.25, -0.2) is 4.98 Å². The lowest BCUT2D eigenvalue weighted by atomic mass is 10.3. The topological polar surface area (TPSA) is 39.2 Å². The second-order valence-corrected chi connectivity index (χ2v) is 6.10. The van der Waals surface area contributed by atoms with Gasteiger partial charge in [0.1, 0.15) is 11.8 Å². The second-order valence-electron chi connectivity index (χ2n) is 4.13. The average Bonchev–Trinajstić information content (AvgIpc) is 2.49. The number of thioether (sulfide) groups is 1. The molecule has 0 radical (unpaired) electrons. The standard InChI is InChI=1S/C15H13Cl2NO2S/c16-12-6-7-14(17)18-13(12)10-20-15(19)8-9-21-11-4-2-1-3-5-11/h1-7H,8-10H2. The number of benzene rings is 1. The number of rotatable bonds is 6. The lowest BCUT2D eigenvalue weighted by molar-refractivity contribution is -0.144. The molecule has 2 rings (SSSR count). The van der Waals surface area contributed by atoms with Crippen LogP contribution in [-0.4, -0.2) is 16.7 Å². The highest BCUT2D eigenvalue weighted by molar-refractivity contribution is 7.99. The van der Waals surface area contributed by atoms with Crippen molar-refractivity contribution in [1.82, 2.24) is 4.98 Å². The molecule has 0 aliphatic carbocycles. The number of halogens is 2. The Balaban J connectivity index is 1.74. The van der Waals surface area contributed by atoms with E-state index in [1.54, 1.807) is 23.9 Å². The molecule has 1 heterocycles. The van der Waals surface area contributed by atoms with Gasteiger partial charge in [-0.3, -0.25) is 4.79 Å². The molecule has 0 bridgehead atoms. The van der Waals surface area contributed by atoms with Crippen molar-refractivity contribution in [3.63, 3.8) is 0 Å². The summed E-state index contributed by atoms with van der Waals surface area (Å²) in [7, 11) is 0. The molecule has 1 aromatic heterocycles. The summed E-state index contributed by atoms with van der Waals surface area (Å²) < 4.78 is 5.14. The summed E-state index contributed by atoms with van der Waals surface area (Å²) in [5.74, 6) is 0.385. The van der Waals surface area contributed by atoms with E-state index in [0.29, 0.717) is 28.0 Å². The van der Waals surface area contributed by atoms with E-state index in [1.165, 1.54) is 0 Å². The maximum absolute atomic E-state index is 11.7. The zero-order valence-electron chi connectivity index (χ0n) is 11.1. The van der Waals surface area contributed by atoms with Gasteiger partial charge in [-0.05, 0) is 24.3 Å². The van der Waals surface area contributed by atoms with Crippen LogP contribution in [-0.2, 0) is 16.1 Å². The maximum atomic E-state index is 11.7.